The lowest BCUT2D eigenvalue weighted by atomic mass is 9.88. The van der Waals surface area contributed by atoms with E-state index in [0.717, 1.165) is 12.1 Å². The zero-order valence-corrected chi connectivity index (χ0v) is 21.0. The molecule has 1 atom stereocenters. The zero-order valence-electron chi connectivity index (χ0n) is 19.4. The topological polar surface area (TPSA) is 82.0 Å². The van der Waals surface area contributed by atoms with E-state index in [1.807, 2.05) is 0 Å². The maximum absolute atomic E-state index is 13.3. The number of halogens is 7. The van der Waals surface area contributed by atoms with Crippen LogP contribution in [0, 0.1) is 16.7 Å². The Morgan fingerprint density at radius 2 is 1.42 bits per heavy atom. The first-order valence-electron chi connectivity index (χ1n) is 10.2. The highest BCUT2D eigenvalue weighted by molar-refractivity contribution is 7.95. The normalized spacial score (nSPS) is 14.5. The molecule has 2 rings (SSSR count). The fourth-order valence-corrected chi connectivity index (χ4v) is 4.10. The third-order valence-corrected chi connectivity index (χ3v) is 7.22. The minimum Gasteiger partial charge on any atom is -0.367 e. The van der Waals surface area contributed by atoms with Crippen molar-refractivity contribution < 1.29 is 34.8 Å². The molecule has 0 aliphatic rings. The van der Waals surface area contributed by atoms with E-state index in [-0.39, 0.29) is 16.0 Å². The van der Waals surface area contributed by atoms with Gasteiger partial charge < -0.3 is 10.6 Å². The lowest BCUT2D eigenvalue weighted by Crippen LogP contribution is -2.40. The van der Waals surface area contributed by atoms with Crippen molar-refractivity contribution in [2.24, 2.45) is 5.41 Å². The van der Waals surface area contributed by atoms with E-state index in [1.54, 1.807) is 27.7 Å². The Kier molecular flexibility index (Phi) is 8.32. The fourth-order valence-electron chi connectivity index (χ4n) is 2.74. The Morgan fingerprint density at radius 3 is 1.81 bits per heavy atom. The summed E-state index contributed by atoms with van der Waals surface area (Å²) in [5.74, 6) is -0.581. The third kappa shape index (κ3) is 7.07. The number of hydrogen-bond acceptors (Lipinski definition) is 5. The summed E-state index contributed by atoms with van der Waals surface area (Å²) in [5, 5.41) is 15.0. The van der Waals surface area contributed by atoms with Crippen LogP contribution < -0.4 is 10.6 Å². The smallest absolute Gasteiger partial charge is 0.367 e. The first-order valence-corrected chi connectivity index (χ1v) is 12.1. The van der Waals surface area contributed by atoms with Crippen LogP contribution in [0.25, 0.3) is 0 Å². The van der Waals surface area contributed by atoms with Crippen molar-refractivity contribution >= 4 is 27.1 Å². The first-order chi connectivity index (χ1) is 16.3. The quantitative estimate of drug-likeness (QED) is 0.298. The van der Waals surface area contributed by atoms with Gasteiger partial charge in [0.05, 0.1) is 16.0 Å². The van der Waals surface area contributed by atoms with Gasteiger partial charge in [-0.25, -0.2) is 8.42 Å². The van der Waals surface area contributed by atoms with Crippen molar-refractivity contribution in [2.75, 3.05) is 5.32 Å². The maximum atomic E-state index is 13.3. The molecule has 0 fully saturated rings. The summed E-state index contributed by atoms with van der Waals surface area (Å²) in [7, 11) is -4.56. The number of allylic oxidation sites excluding steroid dienone is 1. The maximum Gasteiger partial charge on any atom is 0.416 e. The molecule has 0 saturated heterocycles. The molecular weight excluding hydrogens is 532 g/mol. The Balaban J connectivity index is 2.78. The molecule has 0 saturated carbocycles. The molecule has 2 aromatic rings. The van der Waals surface area contributed by atoms with Crippen molar-refractivity contribution in [1.82, 2.24) is 5.32 Å². The van der Waals surface area contributed by atoms with Crippen molar-refractivity contribution in [3.63, 3.8) is 0 Å². The predicted molar refractivity (Wildman–Crippen MR) is 123 cm³/mol. The number of rotatable bonds is 6. The summed E-state index contributed by atoms with van der Waals surface area (Å²) >= 11 is 5.79. The second-order valence-corrected chi connectivity index (χ2v) is 11.2. The van der Waals surface area contributed by atoms with E-state index in [9.17, 15) is 40.0 Å². The number of hydrogen-bond donors (Lipinski definition) is 2. The van der Waals surface area contributed by atoms with Crippen LogP contribution >= 0.6 is 11.6 Å². The van der Waals surface area contributed by atoms with Crippen LogP contribution in [0.2, 0.25) is 5.02 Å². The standard InChI is InChI=1S/C23H22ClF6N3O2S/c1-13(21(2,3)4)32-20(19(12-31)36(34,35)18-7-5-16(24)6-8-18)33-17-10-14(22(25,26)27)9-15(11-17)23(28,29)30/h5-11,13,32-33H,1-4H3. The number of anilines is 1. The minimum absolute atomic E-state index is 0.0601. The van der Waals surface area contributed by atoms with Crippen LogP contribution in [0.3, 0.4) is 0 Å². The molecule has 0 amide bonds. The predicted octanol–water partition coefficient (Wildman–Crippen LogP) is 6.98. The summed E-state index contributed by atoms with van der Waals surface area (Å²) in [5.41, 5.74) is -4.49. The summed E-state index contributed by atoms with van der Waals surface area (Å²) in [4.78, 5) is -1.29. The van der Waals surface area contributed by atoms with Gasteiger partial charge in [-0.2, -0.15) is 31.6 Å². The molecule has 2 N–H and O–H groups in total. The molecule has 0 aliphatic carbocycles. The second kappa shape index (κ2) is 10.2. The van der Waals surface area contributed by atoms with Gasteiger partial charge in [-0.05, 0) is 54.8 Å². The molecule has 0 aliphatic heterocycles. The van der Waals surface area contributed by atoms with Gasteiger partial charge in [-0.15, -0.1) is 0 Å². The molecule has 0 bridgehead atoms. The molecule has 5 nitrogen and oxygen atoms in total. The molecular formula is C23H22ClF6N3O2S. The van der Waals surface area contributed by atoms with Crippen LogP contribution in [-0.4, -0.2) is 14.5 Å². The number of nitrogens with zero attached hydrogens (tertiary/aromatic N) is 1. The van der Waals surface area contributed by atoms with E-state index >= 15 is 0 Å². The summed E-state index contributed by atoms with van der Waals surface area (Å²) in [6.45, 7) is 6.88. The highest BCUT2D eigenvalue weighted by Gasteiger charge is 2.37. The van der Waals surface area contributed by atoms with Gasteiger partial charge in [-0.1, -0.05) is 32.4 Å². The molecule has 1 unspecified atom stereocenters. The first kappa shape index (κ1) is 29.3. The zero-order chi connectivity index (χ0) is 27.7. The van der Waals surface area contributed by atoms with E-state index in [2.05, 4.69) is 10.6 Å². The Morgan fingerprint density at radius 1 is 0.944 bits per heavy atom. The Labute approximate surface area is 209 Å². The van der Waals surface area contributed by atoms with Crippen molar-refractivity contribution in [3.8, 4) is 6.07 Å². The van der Waals surface area contributed by atoms with E-state index in [0.29, 0.717) is 12.1 Å². The van der Waals surface area contributed by atoms with Crippen LogP contribution in [0.4, 0.5) is 32.0 Å². The van der Waals surface area contributed by atoms with E-state index < -0.39 is 61.2 Å². The number of benzene rings is 2. The van der Waals surface area contributed by atoms with Gasteiger partial charge in [-0.3, -0.25) is 0 Å². The summed E-state index contributed by atoms with van der Waals surface area (Å²) < 4.78 is 106. The summed E-state index contributed by atoms with van der Waals surface area (Å²) in [6, 6.07) is 6.39. The minimum atomic E-state index is -5.12. The monoisotopic (exact) mass is 553 g/mol. The van der Waals surface area contributed by atoms with Gasteiger partial charge in [0.2, 0.25) is 9.84 Å². The average molecular weight is 554 g/mol. The van der Waals surface area contributed by atoms with E-state index in [1.165, 1.54) is 18.2 Å². The average Bonchev–Trinajstić information content (AvgIpc) is 2.72. The van der Waals surface area contributed by atoms with Crippen molar-refractivity contribution in [1.29, 1.82) is 5.26 Å². The van der Waals surface area contributed by atoms with Gasteiger partial charge in [0.15, 0.2) is 4.91 Å². The Bertz CT molecular complexity index is 1260. The molecule has 0 radical (unpaired) electrons. The summed E-state index contributed by atoms with van der Waals surface area (Å²) in [6.07, 6.45) is -10.2. The molecule has 0 spiro atoms. The molecule has 2 aromatic carbocycles. The van der Waals surface area contributed by atoms with Gasteiger partial charge >= 0.3 is 12.4 Å². The van der Waals surface area contributed by atoms with Crippen molar-refractivity contribution in [3.05, 3.63) is 69.3 Å². The third-order valence-electron chi connectivity index (χ3n) is 5.24. The molecule has 36 heavy (non-hydrogen) atoms. The number of alkyl halides is 6. The van der Waals surface area contributed by atoms with Gasteiger partial charge in [0.1, 0.15) is 11.9 Å². The number of nitrogens with one attached hydrogen (secondary N) is 2. The van der Waals surface area contributed by atoms with Crippen LogP contribution in [0.5, 0.6) is 0 Å². The molecule has 0 heterocycles. The Hall–Kier alpha value is -2.91. The van der Waals surface area contributed by atoms with Crippen molar-refractivity contribution in [2.45, 2.75) is 51.0 Å². The highest BCUT2D eigenvalue weighted by Crippen LogP contribution is 2.38. The lowest BCUT2D eigenvalue weighted by Gasteiger charge is -2.31. The second-order valence-electron chi connectivity index (χ2n) is 8.92. The van der Waals surface area contributed by atoms with Crippen LogP contribution in [0.1, 0.15) is 38.8 Å². The van der Waals surface area contributed by atoms with Gasteiger partial charge in [0.25, 0.3) is 0 Å². The molecule has 196 valence electrons. The van der Waals surface area contributed by atoms with E-state index in [4.69, 9.17) is 11.6 Å². The largest absolute Gasteiger partial charge is 0.416 e. The molecule has 13 heteroatoms. The number of nitriles is 1. The highest BCUT2D eigenvalue weighted by atomic mass is 35.5. The fraction of sp³-hybridized carbons (Fsp3) is 0.348. The van der Waals surface area contributed by atoms with Gasteiger partial charge in [0, 0.05) is 16.8 Å². The number of sulfone groups is 1. The van der Waals surface area contributed by atoms with Crippen LogP contribution in [0.15, 0.2) is 58.1 Å². The molecule has 0 aromatic heterocycles. The lowest BCUT2D eigenvalue weighted by molar-refractivity contribution is -0.143. The SMILES string of the molecule is CC(NC(Nc1cc(C(F)(F)F)cc(C(F)(F)F)c1)=C(C#N)S(=O)(=O)c1ccc(Cl)cc1)C(C)(C)C. The van der Waals surface area contributed by atoms with Crippen LogP contribution in [-0.2, 0) is 22.2 Å².